The first-order chi connectivity index (χ1) is 11.4. The quantitative estimate of drug-likeness (QED) is 0.632. The van der Waals surface area contributed by atoms with Crippen molar-refractivity contribution in [3.8, 4) is 12.3 Å². The van der Waals surface area contributed by atoms with E-state index in [2.05, 4.69) is 10.8 Å². The Kier molecular flexibility index (Phi) is 6.49. The molecule has 0 bridgehead atoms. The van der Waals surface area contributed by atoms with Crippen LogP contribution >= 0.6 is 0 Å². The standard InChI is InChI=1S/C17H21F3N2O2/c1-2-10-24-13-16(23)12-21-6-8-22(9-7-21)15-5-3-4-14(11-15)17(18,19)20/h1,3-5,11,16,23H,6-10,12-13H2. The van der Waals surface area contributed by atoms with Crippen LogP contribution in [-0.4, -0.2) is 62.0 Å². The minimum absolute atomic E-state index is 0.167. The Morgan fingerprint density at radius 3 is 2.58 bits per heavy atom. The summed E-state index contributed by atoms with van der Waals surface area (Å²) in [5, 5.41) is 9.86. The van der Waals surface area contributed by atoms with Crippen LogP contribution in [0.2, 0.25) is 0 Å². The normalized spacial score (nSPS) is 17.5. The van der Waals surface area contributed by atoms with Crippen molar-refractivity contribution in [1.29, 1.82) is 0 Å². The number of benzene rings is 1. The molecule has 1 saturated heterocycles. The van der Waals surface area contributed by atoms with Crippen molar-refractivity contribution in [3.63, 3.8) is 0 Å². The molecule has 1 N–H and O–H groups in total. The number of terminal acetylenes is 1. The highest BCUT2D eigenvalue weighted by atomic mass is 19.4. The molecule has 0 radical (unpaired) electrons. The fourth-order valence-corrected chi connectivity index (χ4v) is 2.67. The van der Waals surface area contributed by atoms with Gasteiger partial charge in [0.15, 0.2) is 0 Å². The molecule has 1 fully saturated rings. The molecule has 2 rings (SSSR count). The van der Waals surface area contributed by atoms with Crippen LogP contribution in [0.25, 0.3) is 0 Å². The molecule has 1 aromatic carbocycles. The third-order valence-corrected chi connectivity index (χ3v) is 3.88. The molecule has 0 aromatic heterocycles. The van der Waals surface area contributed by atoms with Gasteiger partial charge in [0.1, 0.15) is 6.61 Å². The van der Waals surface area contributed by atoms with Gasteiger partial charge < -0.3 is 14.7 Å². The predicted molar refractivity (Wildman–Crippen MR) is 85.8 cm³/mol. The zero-order valence-electron chi connectivity index (χ0n) is 13.3. The molecular formula is C17H21F3N2O2. The van der Waals surface area contributed by atoms with E-state index in [4.69, 9.17) is 11.2 Å². The SMILES string of the molecule is C#CCOCC(O)CN1CCN(c2cccc(C(F)(F)F)c2)CC1. The van der Waals surface area contributed by atoms with Crippen LogP contribution in [-0.2, 0) is 10.9 Å². The van der Waals surface area contributed by atoms with Gasteiger partial charge in [-0.05, 0) is 18.2 Å². The van der Waals surface area contributed by atoms with Gasteiger partial charge in [-0.3, -0.25) is 4.90 Å². The minimum Gasteiger partial charge on any atom is -0.389 e. The molecule has 0 saturated carbocycles. The second kappa shape index (κ2) is 8.38. The molecule has 4 nitrogen and oxygen atoms in total. The minimum atomic E-state index is -4.33. The Morgan fingerprint density at radius 1 is 1.25 bits per heavy atom. The van der Waals surface area contributed by atoms with Crippen LogP contribution in [0.15, 0.2) is 24.3 Å². The summed E-state index contributed by atoms with van der Waals surface area (Å²) in [4.78, 5) is 3.99. The molecule has 1 aromatic rings. The number of anilines is 1. The number of piperazine rings is 1. The van der Waals surface area contributed by atoms with Crippen molar-refractivity contribution in [2.75, 3.05) is 50.8 Å². The molecule has 7 heteroatoms. The fourth-order valence-electron chi connectivity index (χ4n) is 2.67. The van der Waals surface area contributed by atoms with E-state index in [-0.39, 0.29) is 13.2 Å². The van der Waals surface area contributed by atoms with Gasteiger partial charge in [0.2, 0.25) is 0 Å². The summed E-state index contributed by atoms with van der Waals surface area (Å²) in [5.74, 6) is 2.33. The zero-order valence-corrected chi connectivity index (χ0v) is 13.3. The summed E-state index contributed by atoms with van der Waals surface area (Å²) in [6.07, 6.45) is 0.105. The summed E-state index contributed by atoms with van der Waals surface area (Å²) < 4.78 is 43.5. The van der Waals surface area contributed by atoms with E-state index in [1.54, 1.807) is 6.07 Å². The Labute approximate surface area is 139 Å². The molecule has 0 spiro atoms. The molecule has 0 aliphatic carbocycles. The largest absolute Gasteiger partial charge is 0.416 e. The lowest BCUT2D eigenvalue weighted by molar-refractivity contribution is -0.137. The molecule has 132 valence electrons. The lowest BCUT2D eigenvalue weighted by Gasteiger charge is -2.37. The first-order valence-electron chi connectivity index (χ1n) is 7.74. The first-order valence-corrected chi connectivity index (χ1v) is 7.74. The van der Waals surface area contributed by atoms with Crippen molar-refractivity contribution < 1.29 is 23.0 Å². The van der Waals surface area contributed by atoms with Crippen molar-refractivity contribution in [3.05, 3.63) is 29.8 Å². The maximum atomic E-state index is 12.8. The number of β-amino-alcohol motifs (C(OH)–C–C–N with tert-alkyl or cyclic N) is 1. The number of nitrogens with zero attached hydrogens (tertiary/aromatic N) is 2. The van der Waals surface area contributed by atoms with Gasteiger partial charge in [-0.15, -0.1) is 6.42 Å². The van der Waals surface area contributed by atoms with Gasteiger partial charge in [-0.1, -0.05) is 12.0 Å². The molecule has 1 atom stereocenters. The average Bonchev–Trinajstić information content (AvgIpc) is 2.55. The van der Waals surface area contributed by atoms with Gasteiger partial charge in [0.05, 0.1) is 18.3 Å². The average molecular weight is 342 g/mol. The number of alkyl halides is 3. The molecule has 1 aliphatic heterocycles. The second-order valence-electron chi connectivity index (χ2n) is 5.71. The highest BCUT2D eigenvalue weighted by Gasteiger charge is 2.31. The summed E-state index contributed by atoms with van der Waals surface area (Å²) in [6.45, 7) is 3.36. The monoisotopic (exact) mass is 342 g/mol. The van der Waals surface area contributed by atoms with Crippen LogP contribution in [0.3, 0.4) is 0 Å². The molecule has 24 heavy (non-hydrogen) atoms. The van der Waals surface area contributed by atoms with Crippen LogP contribution in [0, 0.1) is 12.3 Å². The van der Waals surface area contributed by atoms with Gasteiger partial charge in [0, 0.05) is 38.4 Å². The lowest BCUT2D eigenvalue weighted by Crippen LogP contribution is -2.49. The molecular weight excluding hydrogens is 321 g/mol. The maximum Gasteiger partial charge on any atom is 0.416 e. The fraction of sp³-hybridized carbons (Fsp3) is 0.529. The van der Waals surface area contributed by atoms with Crippen molar-refractivity contribution in [2.24, 2.45) is 0 Å². The van der Waals surface area contributed by atoms with Gasteiger partial charge in [0.25, 0.3) is 0 Å². The number of ether oxygens (including phenoxy) is 1. The molecule has 1 aliphatic rings. The molecule has 0 amide bonds. The van der Waals surface area contributed by atoms with Gasteiger partial charge in [-0.2, -0.15) is 13.2 Å². The Balaban J connectivity index is 1.84. The summed E-state index contributed by atoms with van der Waals surface area (Å²) >= 11 is 0. The van der Waals surface area contributed by atoms with E-state index >= 15 is 0 Å². The first kappa shape index (κ1) is 18.6. The smallest absolute Gasteiger partial charge is 0.389 e. The summed E-state index contributed by atoms with van der Waals surface area (Å²) in [6, 6.07) is 5.37. The highest BCUT2D eigenvalue weighted by Crippen LogP contribution is 2.31. The number of aliphatic hydroxyl groups excluding tert-OH is 1. The van der Waals surface area contributed by atoms with Crippen molar-refractivity contribution in [2.45, 2.75) is 12.3 Å². The Bertz CT molecular complexity index is 564. The zero-order chi connectivity index (χ0) is 17.6. The van der Waals surface area contributed by atoms with Gasteiger partial charge >= 0.3 is 6.18 Å². The van der Waals surface area contributed by atoms with E-state index in [1.165, 1.54) is 12.1 Å². The maximum absolute atomic E-state index is 12.8. The van der Waals surface area contributed by atoms with Crippen LogP contribution in [0.4, 0.5) is 18.9 Å². The van der Waals surface area contributed by atoms with E-state index in [9.17, 15) is 18.3 Å². The third-order valence-electron chi connectivity index (χ3n) is 3.88. The summed E-state index contributed by atoms with van der Waals surface area (Å²) in [7, 11) is 0. The predicted octanol–water partition coefficient (Wildman–Crippen LogP) is 1.84. The van der Waals surface area contributed by atoms with E-state index in [0.717, 1.165) is 6.07 Å². The number of hydrogen-bond donors (Lipinski definition) is 1. The topological polar surface area (TPSA) is 35.9 Å². The van der Waals surface area contributed by atoms with Crippen molar-refractivity contribution >= 4 is 5.69 Å². The van der Waals surface area contributed by atoms with Crippen LogP contribution < -0.4 is 4.90 Å². The van der Waals surface area contributed by atoms with Gasteiger partial charge in [-0.25, -0.2) is 0 Å². The number of halogens is 3. The van der Waals surface area contributed by atoms with Crippen LogP contribution in [0.1, 0.15) is 5.56 Å². The number of aliphatic hydroxyl groups is 1. The highest BCUT2D eigenvalue weighted by molar-refractivity contribution is 5.49. The van der Waals surface area contributed by atoms with Crippen molar-refractivity contribution in [1.82, 2.24) is 4.90 Å². The Hall–Kier alpha value is -1.75. The van der Waals surface area contributed by atoms with E-state index in [0.29, 0.717) is 38.4 Å². The molecule has 1 unspecified atom stereocenters. The lowest BCUT2D eigenvalue weighted by atomic mass is 10.1. The summed E-state index contributed by atoms with van der Waals surface area (Å²) in [5.41, 5.74) is -0.0640. The second-order valence-corrected chi connectivity index (χ2v) is 5.71. The van der Waals surface area contributed by atoms with E-state index < -0.39 is 17.8 Å². The van der Waals surface area contributed by atoms with Crippen LogP contribution in [0.5, 0.6) is 0 Å². The Morgan fingerprint density at radius 2 is 1.96 bits per heavy atom. The third kappa shape index (κ3) is 5.41. The number of hydrogen-bond acceptors (Lipinski definition) is 4. The van der Waals surface area contributed by atoms with E-state index in [1.807, 2.05) is 4.90 Å². The number of rotatable bonds is 6. The molecule has 1 heterocycles.